The maximum Gasteiger partial charge on any atom is 0.00357 e. The van der Waals surface area contributed by atoms with Gasteiger partial charge in [-0.3, -0.25) is 0 Å². The molecule has 0 amide bonds. The zero-order valence-electron chi connectivity index (χ0n) is 16.1. The average Bonchev–Trinajstić information content (AvgIpc) is 2.54. The Morgan fingerprint density at radius 1 is 0.545 bits per heavy atom. The molecule has 0 saturated heterocycles. The molecule has 0 aliphatic rings. The van der Waals surface area contributed by atoms with Crippen LogP contribution in [0, 0.1) is 0 Å². The summed E-state index contributed by atoms with van der Waals surface area (Å²) in [6.07, 6.45) is 24.7. The third-order valence-corrected chi connectivity index (χ3v) is 4.98. The van der Waals surface area contributed by atoms with Crippen molar-refractivity contribution in [3.05, 3.63) is 0 Å². The van der Waals surface area contributed by atoms with Crippen LogP contribution < -0.4 is 5.32 Å². The molecule has 0 aromatic rings. The van der Waals surface area contributed by atoms with Gasteiger partial charge in [-0.15, -0.1) is 0 Å². The second-order valence-corrected chi connectivity index (χ2v) is 7.28. The van der Waals surface area contributed by atoms with Crippen LogP contribution in [-0.2, 0) is 0 Å². The molecule has 0 aliphatic heterocycles. The minimum absolute atomic E-state index is 0.701. The summed E-state index contributed by atoms with van der Waals surface area (Å²) in [5.41, 5.74) is 0. The fourth-order valence-electron chi connectivity index (χ4n) is 3.14. The summed E-state index contributed by atoms with van der Waals surface area (Å²) in [4.78, 5) is 0. The van der Waals surface area contributed by atoms with Gasteiger partial charge in [-0.1, -0.05) is 110 Å². The van der Waals surface area contributed by atoms with Gasteiger partial charge in [-0.05, 0) is 20.4 Å². The van der Waals surface area contributed by atoms with Gasteiger partial charge in [0.1, 0.15) is 0 Å². The molecular formula is C21H45N. The fraction of sp³-hybridized carbons (Fsp3) is 1.00. The molecule has 1 nitrogen and oxygen atoms in total. The van der Waals surface area contributed by atoms with E-state index in [2.05, 4.69) is 26.2 Å². The van der Waals surface area contributed by atoms with Crippen molar-refractivity contribution in [2.45, 2.75) is 129 Å². The van der Waals surface area contributed by atoms with Crippen molar-refractivity contribution >= 4 is 0 Å². The molecule has 22 heavy (non-hydrogen) atoms. The molecule has 0 aliphatic carbocycles. The highest BCUT2D eigenvalue weighted by molar-refractivity contribution is 4.57. The van der Waals surface area contributed by atoms with Crippen molar-refractivity contribution in [3.63, 3.8) is 0 Å². The minimum Gasteiger partial charge on any atom is -0.317 e. The van der Waals surface area contributed by atoms with Gasteiger partial charge in [-0.2, -0.15) is 0 Å². The van der Waals surface area contributed by atoms with E-state index in [1.807, 2.05) is 0 Å². The molecule has 0 bridgehead atoms. The largest absolute Gasteiger partial charge is 0.317 e. The Balaban J connectivity index is 2.97. The van der Waals surface area contributed by atoms with Crippen molar-refractivity contribution in [1.29, 1.82) is 0 Å². The van der Waals surface area contributed by atoms with Crippen molar-refractivity contribution in [1.82, 2.24) is 5.32 Å². The van der Waals surface area contributed by atoms with E-state index in [1.54, 1.807) is 0 Å². The van der Waals surface area contributed by atoms with Crippen LogP contribution in [0.5, 0.6) is 0 Å². The summed E-state index contributed by atoms with van der Waals surface area (Å²) in [6.45, 7) is 4.58. The Labute approximate surface area is 142 Å². The van der Waals surface area contributed by atoms with E-state index in [-0.39, 0.29) is 0 Å². The molecule has 1 atom stereocenters. The Kier molecular flexibility index (Phi) is 19.0. The first-order valence-electron chi connectivity index (χ1n) is 10.5. The maximum atomic E-state index is 3.32. The van der Waals surface area contributed by atoms with E-state index in [1.165, 1.54) is 109 Å². The number of rotatable bonds is 18. The van der Waals surface area contributed by atoms with Gasteiger partial charge in [0, 0.05) is 6.04 Å². The van der Waals surface area contributed by atoms with E-state index in [0.717, 1.165) is 0 Å². The lowest BCUT2D eigenvalue weighted by atomic mass is 10.0. The maximum absolute atomic E-state index is 3.32. The lowest BCUT2D eigenvalue weighted by Gasteiger charge is -2.09. The number of nitrogens with one attached hydrogen (secondary N) is 1. The van der Waals surface area contributed by atoms with Crippen LogP contribution in [0.4, 0.5) is 0 Å². The highest BCUT2D eigenvalue weighted by Gasteiger charge is 1.97. The molecule has 1 heteroatoms. The lowest BCUT2D eigenvalue weighted by molar-refractivity contribution is 0.499. The third-order valence-electron chi connectivity index (χ3n) is 4.98. The molecular weight excluding hydrogens is 266 g/mol. The summed E-state index contributed by atoms with van der Waals surface area (Å²) in [6, 6.07) is 0.701. The topological polar surface area (TPSA) is 12.0 Å². The Hall–Kier alpha value is -0.0400. The quantitative estimate of drug-likeness (QED) is 0.263. The molecule has 0 rings (SSSR count). The highest BCUT2D eigenvalue weighted by atomic mass is 14.8. The predicted molar refractivity (Wildman–Crippen MR) is 103 cm³/mol. The second-order valence-electron chi connectivity index (χ2n) is 7.28. The molecule has 0 aromatic heterocycles. The monoisotopic (exact) mass is 311 g/mol. The highest BCUT2D eigenvalue weighted by Crippen LogP contribution is 2.14. The summed E-state index contributed by atoms with van der Waals surface area (Å²) in [7, 11) is 2.07. The van der Waals surface area contributed by atoms with Crippen molar-refractivity contribution in [2.24, 2.45) is 0 Å². The van der Waals surface area contributed by atoms with Crippen molar-refractivity contribution < 1.29 is 0 Å². The van der Waals surface area contributed by atoms with Gasteiger partial charge < -0.3 is 5.32 Å². The number of hydrogen-bond acceptors (Lipinski definition) is 1. The smallest absolute Gasteiger partial charge is 0.00357 e. The molecule has 0 aromatic carbocycles. The standard InChI is InChI=1S/C21H45N/c1-4-5-6-7-8-9-10-11-12-13-14-15-16-17-18-19-20-21(2)22-3/h21-22H,4-20H2,1-3H3. The van der Waals surface area contributed by atoms with Gasteiger partial charge >= 0.3 is 0 Å². The van der Waals surface area contributed by atoms with E-state index < -0.39 is 0 Å². The normalized spacial score (nSPS) is 12.7. The van der Waals surface area contributed by atoms with Crippen LogP contribution >= 0.6 is 0 Å². The van der Waals surface area contributed by atoms with Crippen molar-refractivity contribution in [2.75, 3.05) is 7.05 Å². The first-order valence-corrected chi connectivity index (χ1v) is 10.5. The third kappa shape index (κ3) is 18.0. The number of unbranched alkanes of at least 4 members (excludes halogenated alkanes) is 15. The SMILES string of the molecule is CCCCCCCCCCCCCCCCCCC(C)NC. The van der Waals surface area contributed by atoms with E-state index in [0.29, 0.717) is 6.04 Å². The summed E-state index contributed by atoms with van der Waals surface area (Å²) >= 11 is 0. The molecule has 0 heterocycles. The van der Waals surface area contributed by atoms with Crippen LogP contribution in [0.3, 0.4) is 0 Å². The molecule has 0 saturated carbocycles. The van der Waals surface area contributed by atoms with Crippen LogP contribution in [0.2, 0.25) is 0 Å². The molecule has 0 radical (unpaired) electrons. The molecule has 1 unspecified atom stereocenters. The zero-order valence-corrected chi connectivity index (χ0v) is 16.1. The minimum atomic E-state index is 0.701. The fourth-order valence-corrected chi connectivity index (χ4v) is 3.14. The predicted octanol–water partition coefficient (Wildman–Crippen LogP) is 7.25. The molecule has 0 fully saturated rings. The van der Waals surface area contributed by atoms with E-state index in [9.17, 15) is 0 Å². The van der Waals surface area contributed by atoms with E-state index >= 15 is 0 Å². The first-order chi connectivity index (χ1) is 10.8. The Morgan fingerprint density at radius 3 is 1.18 bits per heavy atom. The van der Waals surface area contributed by atoms with Gasteiger partial charge in [-0.25, -0.2) is 0 Å². The summed E-state index contributed by atoms with van der Waals surface area (Å²) in [5, 5.41) is 3.32. The van der Waals surface area contributed by atoms with Crippen molar-refractivity contribution in [3.8, 4) is 0 Å². The van der Waals surface area contributed by atoms with Crippen LogP contribution in [0.1, 0.15) is 123 Å². The van der Waals surface area contributed by atoms with Gasteiger partial charge in [0.2, 0.25) is 0 Å². The molecule has 0 spiro atoms. The molecule has 134 valence electrons. The van der Waals surface area contributed by atoms with E-state index in [4.69, 9.17) is 0 Å². The van der Waals surface area contributed by atoms with Gasteiger partial charge in [0.05, 0.1) is 0 Å². The Bertz CT molecular complexity index is 190. The van der Waals surface area contributed by atoms with Crippen LogP contribution in [0.15, 0.2) is 0 Å². The summed E-state index contributed by atoms with van der Waals surface area (Å²) < 4.78 is 0. The number of hydrogen-bond donors (Lipinski definition) is 1. The summed E-state index contributed by atoms with van der Waals surface area (Å²) in [5.74, 6) is 0. The lowest BCUT2D eigenvalue weighted by Crippen LogP contribution is -2.20. The first kappa shape index (κ1) is 22.0. The van der Waals surface area contributed by atoms with Crippen LogP contribution in [-0.4, -0.2) is 13.1 Å². The van der Waals surface area contributed by atoms with Gasteiger partial charge in [0.15, 0.2) is 0 Å². The zero-order chi connectivity index (χ0) is 16.3. The average molecular weight is 312 g/mol. The van der Waals surface area contributed by atoms with Crippen LogP contribution in [0.25, 0.3) is 0 Å². The molecule has 1 N–H and O–H groups in total. The van der Waals surface area contributed by atoms with Gasteiger partial charge in [0.25, 0.3) is 0 Å². The second kappa shape index (κ2) is 19.0. The Morgan fingerprint density at radius 2 is 0.864 bits per heavy atom.